The normalized spacial score (nSPS) is 16.1. The number of benzene rings is 2. The molecule has 5 nitrogen and oxygen atoms in total. The summed E-state index contributed by atoms with van der Waals surface area (Å²) >= 11 is 0. The molecular formula is C27H28F3N5. The average Bonchev–Trinajstić information content (AvgIpc) is 3.25. The maximum absolute atomic E-state index is 15.1. The van der Waals surface area contributed by atoms with E-state index in [0.29, 0.717) is 27.9 Å². The van der Waals surface area contributed by atoms with Crippen LogP contribution in [0.2, 0.25) is 0 Å². The van der Waals surface area contributed by atoms with Crippen LogP contribution < -0.4 is 11.1 Å². The molecule has 3 N–H and O–H groups in total. The van der Waals surface area contributed by atoms with E-state index in [1.165, 1.54) is 0 Å². The van der Waals surface area contributed by atoms with Gasteiger partial charge in [-0.1, -0.05) is 36.4 Å². The summed E-state index contributed by atoms with van der Waals surface area (Å²) in [7, 11) is 2.10. The highest BCUT2D eigenvalue weighted by atomic mass is 19.3. The fraction of sp³-hybridized carbons (Fsp3) is 0.296. The molecule has 8 heteroatoms. The first-order chi connectivity index (χ1) is 16.9. The Kier molecular flexibility index (Phi) is 6.38. The number of aromatic nitrogens is 2. The van der Waals surface area contributed by atoms with E-state index in [-0.39, 0.29) is 11.9 Å². The minimum Gasteiger partial charge on any atom is -0.384 e. The summed E-state index contributed by atoms with van der Waals surface area (Å²) in [6, 6.07) is 20.2. The molecule has 0 bridgehead atoms. The number of rotatable bonds is 6. The minimum atomic E-state index is -3.18. The van der Waals surface area contributed by atoms with E-state index < -0.39 is 12.7 Å². The maximum atomic E-state index is 15.1. The van der Waals surface area contributed by atoms with Crippen molar-refractivity contribution in [3.8, 4) is 22.5 Å². The molecule has 1 aliphatic heterocycles. The second-order valence-corrected chi connectivity index (χ2v) is 9.10. The zero-order chi connectivity index (χ0) is 24.5. The van der Waals surface area contributed by atoms with Crippen LogP contribution >= 0.6 is 0 Å². The first-order valence-corrected chi connectivity index (χ1v) is 11.8. The summed E-state index contributed by atoms with van der Waals surface area (Å²) in [5.74, 6) is 0.232. The number of alkyl halides is 3. The molecule has 4 aromatic rings. The number of nitrogens with zero attached hydrogens (tertiary/aromatic N) is 3. The zero-order valence-electron chi connectivity index (χ0n) is 19.5. The fourth-order valence-electron chi connectivity index (χ4n) is 4.81. The third-order valence-electron chi connectivity index (χ3n) is 6.63. The molecule has 1 saturated heterocycles. The second kappa shape index (κ2) is 9.62. The van der Waals surface area contributed by atoms with Gasteiger partial charge in [0.1, 0.15) is 5.82 Å². The monoisotopic (exact) mass is 479 g/mol. The van der Waals surface area contributed by atoms with Gasteiger partial charge in [0, 0.05) is 28.2 Å². The third kappa shape index (κ3) is 4.71. The van der Waals surface area contributed by atoms with Crippen LogP contribution in [-0.2, 0) is 0 Å². The van der Waals surface area contributed by atoms with Crippen LogP contribution in [0.3, 0.4) is 0 Å². The lowest BCUT2D eigenvalue weighted by molar-refractivity contribution is 0.0115. The van der Waals surface area contributed by atoms with E-state index in [0.717, 1.165) is 41.7 Å². The Hall–Kier alpha value is -3.52. The van der Waals surface area contributed by atoms with Gasteiger partial charge in [-0.15, -0.1) is 0 Å². The van der Waals surface area contributed by atoms with Gasteiger partial charge in [-0.05, 0) is 63.3 Å². The number of nitrogens with two attached hydrogens (primary N) is 1. The van der Waals surface area contributed by atoms with Crippen molar-refractivity contribution in [2.75, 3.05) is 31.2 Å². The molecule has 0 amide bonds. The van der Waals surface area contributed by atoms with Crippen LogP contribution in [0, 0.1) is 0 Å². The molecule has 1 unspecified atom stereocenters. The summed E-state index contributed by atoms with van der Waals surface area (Å²) in [6.07, 6.45) is -3.73. The largest absolute Gasteiger partial charge is 0.384 e. The highest BCUT2D eigenvalue weighted by molar-refractivity contribution is 5.97. The van der Waals surface area contributed by atoms with E-state index in [2.05, 4.69) is 22.2 Å². The highest BCUT2D eigenvalue weighted by Gasteiger charge is 2.28. The van der Waals surface area contributed by atoms with Gasteiger partial charge >= 0.3 is 0 Å². The second-order valence-electron chi connectivity index (χ2n) is 9.10. The molecular weight excluding hydrogens is 451 g/mol. The summed E-state index contributed by atoms with van der Waals surface area (Å²) < 4.78 is 43.5. The summed E-state index contributed by atoms with van der Waals surface area (Å²) in [6.45, 7) is 1.97. The number of nitrogen functional groups attached to an aromatic ring is 1. The van der Waals surface area contributed by atoms with E-state index in [1.807, 2.05) is 36.4 Å². The number of fused-ring (bicyclic) bond motifs is 1. The van der Waals surface area contributed by atoms with Crippen molar-refractivity contribution in [2.45, 2.75) is 31.6 Å². The molecule has 182 valence electrons. The Morgan fingerprint density at radius 2 is 1.69 bits per heavy atom. The standard InChI is InChI=1S/C27H28F3N5/c1-34-12-10-19(11-13-34)32-21-8-5-9-23-20(21)16-24(35(23)27(30)26(28)29)18-14-22(33-25(31)15-18)17-6-3-2-4-7-17/h2-9,14-16,19,26-27,32H,10-13H2,1H3,(H2,31,33). The molecule has 0 radical (unpaired) electrons. The summed E-state index contributed by atoms with van der Waals surface area (Å²) in [5.41, 5.74) is 9.60. The lowest BCUT2D eigenvalue weighted by Crippen LogP contribution is -2.36. The molecule has 3 heterocycles. The Balaban J connectivity index is 1.64. The van der Waals surface area contributed by atoms with Crippen molar-refractivity contribution in [3.05, 3.63) is 66.7 Å². The number of pyridine rings is 1. The Morgan fingerprint density at radius 1 is 0.943 bits per heavy atom. The Morgan fingerprint density at radius 3 is 2.40 bits per heavy atom. The van der Waals surface area contributed by atoms with Gasteiger partial charge in [0.2, 0.25) is 6.30 Å². The highest BCUT2D eigenvalue weighted by Crippen LogP contribution is 2.39. The molecule has 0 aliphatic carbocycles. The molecule has 2 aromatic heterocycles. The smallest absolute Gasteiger partial charge is 0.288 e. The SMILES string of the molecule is CN1CCC(Nc2cccc3c2cc(-c2cc(N)nc(-c4ccccc4)c2)n3C(F)C(F)F)CC1. The van der Waals surface area contributed by atoms with E-state index in [9.17, 15) is 8.78 Å². The predicted octanol–water partition coefficient (Wildman–Crippen LogP) is 6.19. The lowest BCUT2D eigenvalue weighted by Gasteiger charge is -2.30. The van der Waals surface area contributed by atoms with Crippen LogP contribution in [0.25, 0.3) is 33.4 Å². The molecule has 1 fully saturated rings. The fourth-order valence-corrected chi connectivity index (χ4v) is 4.81. The van der Waals surface area contributed by atoms with Crippen LogP contribution in [-0.4, -0.2) is 47.1 Å². The number of hydrogen-bond donors (Lipinski definition) is 2. The number of nitrogens with one attached hydrogen (secondary N) is 1. The number of piperidine rings is 1. The number of halogens is 3. The Labute approximate surface area is 202 Å². The van der Waals surface area contributed by atoms with Gasteiger partial charge in [0.15, 0.2) is 0 Å². The van der Waals surface area contributed by atoms with Gasteiger partial charge in [0.25, 0.3) is 6.43 Å². The molecule has 1 aliphatic rings. The van der Waals surface area contributed by atoms with Gasteiger partial charge < -0.3 is 20.5 Å². The Bertz CT molecular complexity index is 1310. The van der Waals surface area contributed by atoms with E-state index >= 15 is 4.39 Å². The topological polar surface area (TPSA) is 59.1 Å². The van der Waals surface area contributed by atoms with Gasteiger partial charge in [0.05, 0.1) is 16.9 Å². The molecule has 5 rings (SSSR count). The van der Waals surface area contributed by atoms with E-state index in [4.69, 9.17) is 5.73 Å². The van der Waals surface area contributed by atoms with Crippen molar-refractivity contribution in [3.63, 3.8) is 0 Å². The van der Waals surface area contributed by atoms with Crippen molar-refractivity contribution in [2.24, 2.45) is 0 Å². The molecule has 1 atom stereocenters. The summed E-state index contributed by atoms with van der Waals surface area (Å²) in [5, 5.41) is 4.26. The van der Waals surface area contributed by atoms with Crippen molar-refractivity contribution in [1.29, 1.82) is 0 Å². The molecule has 0 saturated carbocycles. The predicted molar refractivity (Wildman–Crippen MR) is 135 cm³/mol. The van der Waals surface area contributed by atoms with Gasteiger partial charge in [-0.25, -0.2) is 18.2 Å². The molecule has 2 aromatic carbocycles. The van der Waals surface area contributed by atoms with E-state index in [1.54, 1.807) is 30.3 Å². The van der Waals surface area contributed by atoms with Crippen molar-refractivity contribution in [1.82, 2.24) is 14.5 Å². The van der Waals surface area contributed by atoms with Crippen LogP contribution in [0.1, 0.15) is 19.1 Å². The molecule has 35 heavy (non-hydrogen) atoms. The quantitative estimate of drug-likeness (QED) is 0.346. The number of likely N-dealkylation sites (tertiary alicyclic amines) is 1. The van der Waals surface area contributed by atoms with Crippen molar-refractivity contribution < 1.29 is 13.2 Å². The first kappa shape index (κ1) is 23.2. The lowest BCUT2D eigenvalue weighted by atomic mass is 10.0. The van der Waals surface area contributed by atoms with Crippen molar-refractivity contribution >= 4 is 22.4 Å². The van der Waals surface area contributed by atoms with Crippen LogP contribution in [0.4, 0.5) is 24.7 Å². The van der Waals surface area contributed by atoms with Crippen LogP contribution in [0.15, 0.2) is 66.7 Å². The first-order valence-electron chi connectivity index (χ1n) is 11.8. The number of anilines is 2. The minimum absolute atomic E-state index is 0.232. The van der Waals surface area contributed by atoms with Gasteiger partial charge in [-0.2, -0.15) is 0 Å². The van der Waals surface area contributed by atoms with Crippen LogP contribution in [0.5, 0.6) is 0 Å². The van der Waals surface area contributed by atoms with Gasteiger partial charge in [-0.3, -0.25) is 0 Å². The summed E-state index contributed by atoms with van der Waals surface area (Å²) in [4.78, 5) is 6.68. The molecule has 0 spiro atoms. The maximum Gasteiger partial charge on any atom is 0.288 e. The average molecular weight is 480 g/mol. The zero-order valence-corrected chi connectivity index (χ0v) is 19.5. The third-order valence-corrected chi connectivity index (χ3v) is 6.63. The number of hydrogen-bond acceptors (Lipinski definition) is 4.